The number of hydrogen-bond acceptors (Lipinski definition) is 6. The first kappa shape index (κ1) is 19.9. The van der Waals surface area contributed by atoms with Crippen molar-refractivity contribution in [2.24, 2.45) is 0 Å². The van der Waals surface area contributed by atoms with E-state index in [-0.39, 0.29) is 5.56 Å². The Bertz CT molecular complexity index is 825. The fourth-order valence-electron chi connectivity index (χ4n) is 2.45. The molecule has 2 N–H and O–H groups in total. The first-order chi connectivity index (χ1) is 12.9. The molecule has 2 amide bonds. The zero-order chi connectivity index (χ0) is 20.0. The molecule has 0 bridgehead atoms. The molecule has 0 spiro atoms. The minimum absolute atomic E-state index is 0.280. The third-order valence-electron chi connectivity index (χ3n) is 3.95. The SMILES string of the molecule is COc1ccc(C(=O)NNC(=O)c2cc(OC)c(C)c(OC)c2)cc1OC. The standard InChI is InChI=1S/C19H22N2O6/c1-11-15(25-3)9-13(10-16(11)26-4)19(23)21-20-18(22)12-6-7-14(24-2)17(8-12)27-5/h6-10H,1-5H3,(H,20,22)(H,21,23). The average Bonchev–Trinajstić information content (AvgIpc) is 2.71. The van der Waals surface area contributed by atoms with E-state index in [1.807, 2.05) is 6.92 Å². The normalized spacial score (nSPS) is 9.96. The number of hydrogen-bond donors (Lipinski definition) is 2. The van der Waals surface area contributed by atoms with Crippen LogP contribution < -0.4 is 29.8 Å². The Kier molecular flexibility index (Phi) is 6.48. The Hall–Kier alpha value is -3.42. The number of amides is 2. The van der Waals surface area contributed by atoms with Gasteiger partial charge >= 0.3 is 0 Å². The molecule has 2 rings (SSSR count). The highest BCUT2D eigenvalue weighted by Gasteiger charge is 2.15. The third-order valence-corrected chi connectivity index (χ3v) is 3.95. The second kappa shape index (κ2) is 8.79. The van der Waals surface area contributed by atoms with Crippen molar-refractivity contribution in [3.8, 4) is 23.0 Å². The van der Waals surface area contributed by atoms with Crippen LogP contribution in [-0.2, 0) is 0 Å². The topological polar surface area (TPSA) is 95.1 Å². The van der Waals surface area contributed by atoms with E-state index in [1.54, 1.807) is 24.3 Å². The Morgan fingerprint density at radius 1 is 0.667 bits per heavy atom. The van der Waals surface area contributed by atoms with Crippen LogP contribution in [-0.4, -0.2) is 40.3 Å². The summed E-state index contributed by atoms with van der Waals surface area (Å²) in [5.41, 5.74) is 6.07. The van der Waals surface area contributed by atoms with Gasteiger partial charge in [-0.3, -0.25) is 20.4 Å². The molecule has 0 saturated carbocycles. The van der Waals surface area contributed by atoms with E-state index in [0.29, 0.717) is 28.6 Å². The lowest BCUT2D eigenvalue weighted by atomic mass is 10.1. The van der Waals surface area contributed by atoms with Gasteiger partial charge in [0.25, 0.3) is 11.8 Å². The highest BCUT2D eigenvalue weighted by atomic mass is 16.5. The summed E-state index contributed by atoms with van der Waals surface area (Å²) in [5.74, 6) is 0.897. The molecule has 0 aliphatic carbocycles. The van der Waals surface area contributed by atoms with E-state index in [9.17, 15) is 9.59 Å². The molecule has 2 aromatic carbocycles. The van der Waals surface area contributed by atoms with Crippen LogP contribution in [0.2, 0.25) is 0 Å². The molecular formula is C19H22N2O6. The van der Waals surface area contributed by atoms with E-state index >= 15 is 0 Å². The number of carbonyl (C=O) groups is 2. The number of rotatable bonds is 6. The Morgan fingerprint density at radius 2 is 1.11 bits per heavy atom. The maximum absolute atomic E-state index is 12.4. The highest BCUT2D eigenvalue weighted by molar-refractivity contribution is 5.99. The summed E-state index contributed by atoms with van der Waals surface area (Å²) in [6.07, 6.45) is 0. The summed E-state index contributed by atoms with van der Waals surface area (Å²) in [4.78, 5) is 24.6. The van der Waals surface area contributed by atoms with Crippen molar-refractivity contribution in [3.05, 3.63) is 47.0 Å². The highest BCUT2D eigenvalue weighted by Crippen LogP contribution is 2.29. The number of carbonyl (C=O) groups excluding carboxylic acids is 2. The van der Waals surface area contributed by atoms with E-state index < -0.39 is 11.8 Å². The minimum atomic E-state index is -0.513. The smallest absolute Gasteiger partial charge is 0.269 e. The number of hydrazine groups is 1. The molecule has 8 nitrogen and oxygen atoms in total. The van der Waals surface area contributed by atoms with Gasteiger partial charge in [-0.05, 0) is 37.3 Å². The van der Waals surface area contributed by atoms with Gasteiger partial charge in [0.05, 0.1) is 28.4 Å². The first-order valence-electron chi connectivity index (χ1n) is 8.00. The second-order valence-corrected chi connectivity index (χ2v) is 5.48. The maximum atomic E-state index is 12.4. The second-order valence-electron chi connectivity index (χ2n) is 5.48. The summed E-state index contributed by atoms with van der Waals surface area (Å²) in [6.45, 7) is 1.82. The third kappa shape index (κ3) is 4.41. The molecule has 0 radical (unpaired) electrons. The van der Waals surface area contributed by atoms with Gasteiger partial charge in [0.1, 0.15) is 11.5 Å². The molecule has 144 valence electrons. The molecule has 0 atom stereocenters. The molecule has 2 aromatic rings. The van der Waals surface area contributed by atoms with Gasteiger partial charge in [0.15, 0.2) is 11.5 Å². The lowest BCUT2D eigenvalue weighted by Crippen LogP contribution is -2.41. The van der Waals surface area contributed by atoms with E-state index in [1.165, 1.54) is 34.5 Å². The monoisotopic (exact) mass is 374 g/mol. The quantitative estimate of drug-likeness (QED) is 0.752. The van der Waals surface area contributed by atoms with Gasteiger partial charge in [0.2, 0.25) is 0 Å². The van der Waals surface area contributed by atoms with Crippen LogP contribution in [0.4, 0.5) is 0 Å². The lowest BCUT2D eigenvalue weighted by Gasteiger charge is -2.13. The molecule has 27 heavy (non-hydrogen) atoms. The molecule has 8 heteroatoms. The van der Waals surface area contributed by atoms with E-state index in [2.05, 4.69) is 10.9 Å². The zero-order valence-electron chi connectivity index (χ0n) is 15.8. The van der Waals surface area contributed by atoms with Crippen molar-refractivity contribution in [1.82, 2.24) is 10.9 Å². The summed E-state index contributed by atoms with van der Waals surface area (Å²) in [7, 11) is 5.98. The Labute approximate surface area is 157 Å². The van der Waals surface area contributed by atoms with Crippen LogP contribution in [0.15, 0.2) is 30.3 Å². The van der Waals surface area contributed by atoms with Crippen LogP contribution in [0.3, 0.4) is 0 Å². The molecule has 0 heterocycles. The minimum Gasteiger partial charge on any atom is -0.496 e. The summed E-state index contributed by atoms with van der Waals surface area (Å²) in [5, 5.41) is 0. The van der Waals surface area contributed by atoms with Gasteiger partial charge in [-0.1, -0.05) is 0 Å². The summed E-state index contributed by atoms with van der Waals surface area (Å²) in [6, 6.07) is 7.80. The van der Waals surface area contributed by atoms with Gasteiger partial charge in [-0.2, -0.15) is 0 Å². The number of methoxy groups -OCH3 is 4. The van der Waals surface area contributed by atoms with Crippen LogP contribution in [0.5, 0.6) is 23.0 Å². The molecule has 0 aliphatic heterocycles. The van der Waals surface area contributed by atoms with Gasteiger partial charge in [0, 0.05) is 16.7 Å². The fourth-order valence-corrected chi connectivity index (χ4v) is 2.45. The molecule has 0 aliphatic rings. The van der Waals surface area contributed by atoms with Crippen molar-refractivity contribution in [2.75, 3.05) is 28.4 Å². The molecule has 0 fully saturated rings. The molecule has 0 saturated heterocycles. The lowest BCUT2D eigenvalue weighted by molar-refractivity contribution is 0.0846. The molecular weight excluding hydrogens is 352 g/mol. The maximum Gasteiger partial charge on any atom is 0.269 e. The predicted molar refractivity (Wildman–Crippen MR) is 98.8 cm³/mol. The molecule has 0 unspecified atom stereocenters. The Morgan fingerprint density at radius 3 is 1.59 bits per heavy atom. The molecule has 0 aromatic heterocycles. The number of ether oxygens (including phenoxy) is 4. The van der Waals surface area contributed by atoms with Crippen LogP contribution >= 0.6 is 0 Å². The van der Waals surface area contributed by atoms with Crippen molar-refractivity contribution in [1.29, 1.82) is 0 Å². The van der Waals surface area contributed by atoms with Crippen molar-refractivity contribution in [3.63, 3.8) is 0 Å². The van der Waals surface area contributed by atoms with E-state index in [0.717, 1.165) is 5.56 Å². The summed E-state index contributed by atoms with van der Waals surface area (Å²) < 4.78 is 20.8. The van der Waals surface area contributed by atoms with Crippen molar-refractivity contribution < 1.29 is 28.5 Å². The number of benzene rings is 2. The van der Waals surface area contributed by atoms with Gasteiger partial charge in [-0.15, -0.1) is 0 Å². The summed E-state index contributed by atoms with van der Waals surface area (Å²) >= 11 is 0. The Balaban J connectivity index is 2.12. The van der Waals surface area contributed by atoms with Crippen molar-refractivity contribution in [2.45, 2.75) is 6.92 Å². The van der Waals surface area contributed by atoms with Crippen LogP contribution in [0.1, 0.15) is 26.3 Å². The zero-order valence-corrected chi connectivity index (χ0v) is 15.8. The fraction of sp³-hybridized carbons (Fsp3) is 0.263. The van der Waals surface area contributed by atoms with Crippen molar-refractivity contribution >= 4 is 11.8 Å². The predicted octanol–water partition coefficient (Wildman–Crippen LogP) is 2.10. The van der Waals surface area contributed by atoms with E-state index in [4.69, 9.17) is 18.9 Å². The van der Waals surface area contributed by atoms with Crippen LogP contribution in [0, 0.1) is 6.92 Å². The van der Waals surface area contributed by atoms with Gasteiger partial charge in [-0.25, -0.2) is 0 Å². The average molecular weight is 374 g/mol. The van der Waals surface area contributed by atoms with Crippen LogP contribution in [0.25, 0.3) is 0 Å². The van der Waals surface area contributed by atoms with Gasteiger partial charge < -0.3 is 18.9 Å². The largest absolute Gasteiger partial charge is 0.496 e. The number of nitrogens with one attached hydrogen (secondary N) is 2. The first-order valence-corrected chi connectivity index (χ1v) is 8.00.